The van der Waals surface area contributed by atoms with Crippen molar-refractivity contribution in [1.82, 2.24) is 15.5 Å². The van der Waals surface area contributed by atoms with Crippen molar-refractivity contribution in [3.05, 3.63) is 29.3 Å². The van der Waals surface area contributed by atoms with E-state index >= 15 is 0 Å². The lowest BCUT2D eigenvalue weighted by atomic mass is 10.1. The molecule has 0 radical (unpaired) electrons. The van der Waals surface area contributed by atoms with Crippen LogP contribution in [-0.2, 0) is 6.54 Å². The van der Waals surface area contributed by atoms with Crippen LogP contribution in [0.25, 0.3) is 0 Å². The van der Waals surface area contributed by atoms with Gasteiger partial charge in [0.1, 0.15) is 5.75 Å². The zero-order chi connectivity index (χ0) is 17.9. The Morgan fingerprint density at radius 2 is 2.00 bits per heavy atom. The summed E-state index contributed by atoms with van der Waals surface area (Å²) >= 11 is 0. The van der Waals surface area contributed by atoms with Gasteiger partial charge in [0.2, 0.25) is 0 Å². The van der Waals surface area contributed by atoms with Crippen LogP contribution < -0.4 is 15.4 Å². The molecule has 0 bridgehead atoms. The minimum absolute atomic E-state index is 0.159. The van der Waals surface area contributed by atoms with Gasteiger partial charge in [-0.05, 0) is 66.4 Å². The van der Waals surface area contributed by atoms with Crippen LogP contribution >= 0.6 is 0 Å². The van der Waals surface area contributed by atoms with Gasteiger partial charge in [-0.25, -0.2) is 4.99 Å². The predicted octanol–water partition coefficient (Wildman–Crippen LogP) is 2.79. The van der Waals surface area contributed by atoms with E-state index in [1.807, 2.05) is 13.8 Å². The Labute approximate surface area is 147 Å². The largest absolute Gasteiger partial charge is 0.491 e. The number of guanidine groups is 1. The van der Waals surface area contributed by atoms with Gasteiger partial charge in [0.25, 0.3) is 0 Å². The molecule has 0 spiro atoms. The average molecular weight is 335 g/mol. The summed E-state index contributed by atoms with van der Waals surface area (Å²) in [5.41, 5.74) is 2.31. The van der Waals surface area contributed by atoms with E-state index in [1.165, 1.54) is 5.56 Å². The molecular weight excluding hydrogens is 300 g/mol. The fourth-order valence-electron chi connectivity index (χ4n) is 2.26. The van der Waals surface area contributed by atoms with Gasteiger partial charge in [-0.3, -0.25) is 0 Å². The molecule has 0 aliphatic heterocycles. The van der Waals surface area contributed by atoms with Gasteiger partial charge in [0.15, 0.2) is 5.96 Å². The second-order valence-corrected chi connectivity index (χ2v) is 6.56. The Morgan fingerprint density at radius 1 is 1.25 bits per heavy atom. The van der Waals surface area contributed by atoms with Gasteiger partial charge in [-0.2, -0.15) is 0 Å². The quantitative estimate of drug-likeness (QED) is 0.414. The van der Waals surface area contributed by atoms with Crippen LogP contribution in [-0.4, -0.2) is 50.7 Å². The van der Waals surface area contributed by atoms with Gasteiger partial charge < -0.3 is 20.3 Å². The number of aliphatic imine (C=N–C) groups is 1. The van der Waals surface area contributed by atoms with E-state index in [-0.39, 0.29) is 6.10 Å². The highest BCUT2D eigenvalue weighted by atomic mass is 16.5. The number of benzene rings is 1. The molecule has 2 N–H and O–H groups in total. The molecule has 136 valence electrons. The molecule has 0 saturated heterocycles. The van der Waals surface area contributed by atoms with E-state index in [0.29, 0.717) is 6.54 Å². The van der Waals surface area contributed by atoms with Crippen molar-refractivity contribution >= 4 is 5.96 Å². The number of hydrogen-bond acceptors (Lipinski definition) is 3. The first kappa shape index (κ1) is 20.3. The van der Waals surface area contributed by atoms with Crippen LogP contribution in [0.5, 0.6) is 5.75 Å². The highest BCUT2D eigenvalue weighted by Gasteiger charge is 2.06. The van der Waals surface area contributed by atoms with E-state index in [2.05, 4.69) is 61.7 Å². The van der Waals surface area contributed by atoms with Crippen molar-refractivity contribution in [3.63, 3.8) is 0 Å². The van der Waals surface area contributed by atoms with Crippen molar-refractivity contribution in [1.29, 1.82) is 0 Å². The second kappa shape index (κ2) is 10.9. The molecule has 5 nitrogen and oxygen atoms in total. The van der Waals surface area contributed by atoms with Crippen LogP contribution in [0.3, 0.4) is 0 Å². The zero-order valence-electron chi connectivity index (χ0n) is 16.1. The molecule has 0 unspecified atom stereocenters. The summed E-state index contributed by atoms with van der Waals surface area (Å²) in [6, 6.07) is 6.30. The second-order valence-electron chi connectivity index (χ2n) is 6.56. The van der Waals surface area contributed by atoms with Gasteiger partial charge in [-0.1, -0.05) is 12.1 Å². The summed E-state index contributed by atoms with van der Waals surface area (Å²) in [6.45, 7) is 11.7. The normalized spacial score (nSPS) is 11.9. The van der Waals surface area contributed by atoms with Crippen LogP contribution in [0.15, 0.2) is 23.2 Å². The summed E-state index contributed by atoms with van der Waals surface area (Å²) in [5, 5.41) is 6.69. The number of nitrogens with zero attached hydrogens (tertiary/aromatic N) is 2. The third-order valence-electron chi connectivity index (χ3n) is 3.41. The van der Waals surface area contributed by atoms with Gasteiger partial charge >= 0.3 is 0 Å². The molecule has 0 saturated carbocycles. The van der Waals surface area contributed by atoms with Crippen LogP contribution in [0.2, 0.25) is 0 Å². The smallest absolute Gasteiger partial charge is 0.191 e. The Kier molecular flexibility index (Phi) is 9.23. The van der Waals surface area contributed by atoms with Crippen LogP contribution in [0.4, 0.5) is 0 Å². The maximum absolute atomic E-state index is 5.93. The molecule has 0 aliphatic carbocycles. The zero-order valence-corrected chi connectivity index (χ0v) is 16.1. The number of nitrogens with one attached hydrogen (secondary N) is 2. The molecule has 1 aromatic carbocycles. The lowest BCUT2D eigenvalue weighted by Gasteiger charge is -2.16. The summed E-state index contributed by atoms with van der Waals surface area (Å²) in [4.78, 5) is 6.89. The number of aryl methyl sites for hydroxylation is 1. The Bertz CT molecular complexity index is 512. The highest BCUT2D eigenvalue weighted by Crippen LogP contribution is 2.22. The van der Waals surface area contributed by atoms with E-state index in [1.54, 1.807) is 0 Å². The number of hydrogen-bond donors (Lipinski definition) is 2. The first-order valence-electron chi connectivity index (χ1n) is 8.85. The molecule has 5 heteroatoms. The van der Waals surface area contributed by atoms with Gasteiger partial charge in [0.05, 0.1) is 12.6 Å². The van der Waals surface area contributed by atoms with Gasteiger partial charge in [-0.15, -0.1) is 0 Å². The maximum atomic E-state index is 5.93. The van der Waals surface area contributed by atoms with E-state index in [9.17, 15) is 0 Å². The first-order valence-corrected chi connectivity index (χ1v) is 8.85. The Morgan fingerprint density at radius 3 is 2.62 bits per heavy atom. The summed E-state index contributed by atoms with van der Waals surface area (Å²) in [7, 11) is 4.18. The van der Waals surface area contributed by atoms with E-state index in [0.717, 1.165) is 43.3 Å². The van der Waals surface area contributed by atoms with E-state index in [4.69, 9.17) is 9.73 Å². The molecule has 0 heterocycles. The molecular formula is C19H34N4O. The SMILES string of the molecule is CCNC(=NCc1ccc(C)cc1OC(C)C)NCCCN(C)C. The molecule has 0 atom stereocenters. The Balaban J connectivity index is 2.71. The van der Waals surface area contributed by atoms with Crippen molar-refractivity contribution in [2.75, 3.05) is 33.7 Å². The fourth-order valence-corrected chi connectivity index (χ4v) is 2.26. The number of ether oxygens (including phenoxy) is 1. The third kappa shape index (κ3) is 8.20. The predicted molar refractivity (Wildman–Crippen MR) is 103 cm³/mol. The van der Waals surface area contributed by atoms with Crippen LogP contribution in [0.1, 0.15) is 38.3 Å². The van der Waals surface area contributed by atoms with Crippen molar-refractivity contribution < 1.29 is 4.74 Å². The summed E-state index contributed by atoms with van der Waals surface area (Å²) in [5.74, 6) is 1.78. The monoisotopic (exact) mass is 334 g/mol. The molecule has 1 aromatic rings. The molecule has 24 heavy (non-hydrogen) atoms. The van der Waals surface area contributed by atoms with Crippen molar-refractivity contribution in [3.8, 4) is 5.75 Å². The molecule has 0 aromatic heterocycles. The first-order chi connectivity index (χ1) is 11.4. The lowest BCUT2D eigenvalue weighted by Crippen LogP contribution is -2.38. The third-order valence-corrected chi connectivity index (χ3v) is 3.41. The molecule has 0 aliphatic rings. The topological polar surface area (TPSA) is 48.9 Å². The number of rotatable bonds is 9. The van der Waals surface area contributed by atoms with Gasteiger partial charge in [0, 0.05) is 18.7 Å². The minimum Gasteiger partial charge on any atom is -0.491 e. The van der Waals surface area contributed by atoms with Crippen molar-refractivity contribution in [2.45, 2.75) is 46.8 Å². The fraction of sp³-hybridized carbons (Fsp3) is 0.632. The molecule has 0 amide bonds. The molecule has 0 fully saturated rings. The van der Waals surface area contributed by atoms with Crippen LogP contribution in [0, 0.1) is 6.92 Å². The Hall–Kier alpha value is -1.75. The highest BCUT2D eigenvalue weighted by molar-refractivity contribution is 5.79. The average Bonchev–Trinajstić information content (AvgIpc) is 2.49. The lowest BCUT2D eigenvalue weighted by molar-refractivity contribution is 0.240. The van der Waals surface area contributed by atoms with Crippen molar-refractivity contribution in [2.24, 2.45) is 4.99 Å². The van der Waals surface area contributed by atoms with E-state index < -0.39 is 0 Å². The standard InChI is InChI=1S/C19H34N4O/c1-7-20-19(21-11-8-12-23(5)6)22-14-17-10-9-16(4)13-18(17)24-15(2)3/h9-10,13,15H,7-8,11-12,14H2,1-6H3,(H2,20,21,22). The minimum atomic E-state index is 0.159. The maximum Gasteiger partial charge on any atom is 0.191 e. The summed E-state index contributed by atoms with van der Waals surface area (Å²) in [6.07, 6.45) is 1.25. The molecule has 1 rings (SSSR count). The summed E-state index contributed by atoms with van der Waals surface area (Å²) < 4.78 is 5.93.